The molecule has 1 aliphatic carbocycles. The van der Waals surface area contributed by atoms with Crippen molar-refractivity contribution < 1.29 is 4.74 Å². The normalized spacial score (nSPS) is 29.4. The zero-order valence-electron chi connectivity index (χ0n) is 12.9. The van der Waals surface area contributed by atoms with E-state index < -0.39 is 0 Å². The van der Waals surface area contributed by atoms with Crippen molar-refractivity contribution in [3.8, 4) is 0 Å². The highest BCUT2D eigenvalue weighted by Crippen LogP contribution is 2.29. The molecule has 1 heterocycles. The topological polar surface area (TPSA) is 24.5 Å². The number of ether oxygens (including phenoxy) is 1. The molecule has 3 heteroatoms. The number of hydrogen-bond acceptors (Lipinski definition) is 3. The SMILES string of the molecule is CCCNC(CC)CCCN1CCOC2CCCC21. The van der Waals surface area contributed by atoms with Gasteiger partial charge in [-0.25, -0.2) is 0 Å². The van der Waals surface area contributed by atoms with Crippen LogP contribution in [0.1, 0.15) is 58.8 Å². The molecule has 3 unspecified atom stereocenters. The quantitative estimate of drug-likeness (QED) is 0.732. The van der Waals surface area contributed by atoms with E-state index in [-0.39, 0.29) is 0 Å². The van der Waals surface area contributed by atoms with Crippen LogP contribution in [0.15, 0.2) is 0 Å². The molecule has 2 fully saturated rings. The van der Waals surface area contributed by atoms with E-state index >= 15 is 0 Å². The Bertz CT molecular complexity index is 247. The van der Waals surface area contributed by atoms with Crippen molar-refractivity contribution in [2.45, 2.75) is 77.0 Å². The molecule has 0 aromatic carbocycles. The van der Waals surface area contributed by atoms with E-state index in [1.54, 1.807) is 0 Å². The molecule has 2 aliphatic rings. The van der Waals surface area contributed by atoms with Crippen LogP contribution in [0.25, 0.3) is 0 Å². The third kappa shape index (κ3) is 4.44. The fourth-order valence-corrected chi connectivity index (χ4v) is 3.62. The summed E-state index contributed by atoms with van der Waals surface area (Å²) in [5.74, 6) is 0. The molecular weight excluding hydrogens is 236 g/mol. The van der Waals surface area contributed by atoms with E-state index in [4.69, 9.17) is 4.74 Å². The largest absolute Gasteiger partial charge is 0.375 e. The zero-order valence-corrected chi connectivity index (χ0v) is 12.9. The third-order valence-electron chi connectivity index (χ3n) is 4.77. The first-order chi connectivity index (χ1) is 9.35. The van der Waals surface area contributed by atoms with E-state index in [2.05, 4.69) is 24.1 Å². The van der Waals surface area contributed by atoms with Crippen LogP contribution in [0.5, 0.6) is 0 Å². The number of fused-ring (bicyclic) bond motifs is 1. The van der Waals surface area contributed by atoms with Gasteiger partial charge >= 0.3 is 0 Å². The van der Waals surface area contributed by atoms with Crippen LogP contribution in [0.2, 0.25) is 0 Å². The summed E-state index contributed by atoms with van der Waals surface area (Å²) < 4.78 is 5.88. The average molecular weight is 268 g/mol. The lowest BCUT2D eigenvalue weighted by Gasteiger charge is -2.37. The van der Waals surface area contributed by atoms with Gasteiger partial charge in [-0.15, -0.1) is 0 Å². The fourth-order valence-electron chi connectivity index (χ4n) is 3.62. The Hall–Kier alpha value is -0.120. The molecule has 1 aliphatic heterocycles. The number of hydrogen-bond donors (Lipinski definition) is 1. The standard InChI is InChI=1S/C16H32N2O/c1-3-10-17-14(4-2)7-6-11-18-12-13-19-16-9-5-8-15(16)18/h14-17H,3-13H2,1-2H3. The van der Waals surface area contributed by atoms with Crippen molar-refractivity contribution in [3.05, 3.63) is 0 Å². The Balaban J connectivity index is 1.66. The molecule has 19 heavy (non-hydrogen) atoms. The van der Waals surface area contributed by atoms with Crippen molar-refractivity contribution in [3.63, 3.8) is 0 Å². The summed E-state index contributed by atoms with van der Waals surface area (Å²) in [5.41, 5.74) is 0. The predicted octanol–water partition coefficient (Wildman–Crippen LogP) is 2.80. The monoisotopic (exact) mass is 268 g/mol. The van der Waals surface area contributed by atoms with E-state index in [1.807, 2.05) is 0 Å². The van der Waals surface area contributed by atoms with Gasteiger partial charge in [0.25, 0.3) is 0 Å². The molecule has 3 nitrogen and oxygen atoms in total. The molecule has 0 radical (unpaired) electrons. The van der Waals surface area contributed by atoms with Gasteiger partial charge in [0.1, 0.15) is 0 Å². The van der Waals surface area contributed by atoms with Crippen molar-refractivity contribution in [2.75, 3.05) is 26.2 Å². The third-order valence-corrected chi connectivity index (χ3v) is 4.77. The maximum atomic E-state index is 5.88. The summed E-state index contributed by atoms with van der Waals surface area (Å²) in [6, 6.07) is 1.46. The molecule has 2 rings (SSSR count). The van der Waals surface area contributed by atoms with Gasteiger partial charge < -0.3 is 10.1 Å². The van der Waals surface area contributed by atoms with E-state index in [9.17, 15) is 0 Å². The highest BCUT2D eigenvalue weighted by molar-refractivity contribution is 4.89. The fraction of sp³-hybridized carbons (Fsp3) is 1.00. The lowest BCUT2D eigenvalue weighted by molar-refractivity contribution is -0.0559. The predicted molar refractivity (Wildman–Crippen MR) is 80.6 cm³/mol. The molecule has 3 atom stereocenters. The lowest BCUT2D eigenvalue weighted by atomic mass is 10.1. The number of rotatable bonds is 8. The second-order valence-corrected chi connectivity index (χ2v) is 6.14. The van der Waals surface area contributed by atoms with Gasteiger partial charge in [-0.2, -0.15) is 0 Å². The van der Waals surface area contributed by atoms with E-state index in [0.29, 0.717) is 6.10 Å². The first-order valence-corrected chi connectivity index (χ1v) is 8.44. The van der Waals surface area contributed by atoms with Gasteiger partial charge in [-0.3, -0.25) is 4.90 Å². The summed E-state index contributed by atoms with van der Waals surface area (Å²) in [5, 5.41) is 3.66. The Morgan fingerprint density at radius 3 is 3.00 bits per heavy atom. The summed E-state index contributed by atoms with van der Waals surface area (Å²) in [7, 11) is 0. The minimum absolute atomic E-state index is 0.550. The number of nitrogens with zero attached hydrogens (tertiary/aromatic N) is 1. The first-order valence-electron chi connectivity index (χ1n) is 8.44. The minimum Gasteiger partial charge on any atom is -0.375 e. The molecule has 0 aromatic rings. The van der Waals surface area contributed by atoms with Crippen molar-refractivity contribution in [1.29, 1.82) is 0 Å². The average Bonchev–Trinajstić information content (AvgIpc) is 2.91. The summed E-state index contributed by atoms with van der Waals surface area (Å²) in [6.45, 7) is 9.09. The Labute approximate surface area is 119 Å². The zero-order chi connectivity index (χ0) is 13.5. The summed E-state index contributed by atoms with van der Waals surface area (Å²) >= 11 is 0. The highest BCUT2D eigenvalue weighted by atomic mass is 16.5. The Morgan fingerprint density at radius 2 is 2.21 bits per heavy atom. The van der Waals surface area contributed by atoms with Crippen molar-refractivity contribution >= 4 is 0 Å². The van der Waals surface area contributed by atoms with Crippen LogP contribution in [0.4, 0.5) is 0 Å². The van der Waals surface area contributed by atoms with Gasteiger partial charge in [0.2, 0.25) is 0 Å². The molecule has 0 spiro atoms. The van der Waals surface area contributed by atoms with Crippen LogP contribution < -0.4 is 5.32 Å². The van der Waals surface area contributed by atoms with Crippen LogP contribution in [-0.2, 0) is 4.74 Å². The van der Waals surface area contributed by atoms with Gasteiger partial charge in [0, 0.05) is 18.6 Å². The molecule has 1 saturated carbocycles. The Morgan fingerprint density at radius 1 is 1.32 bits per heavy atom. The van der Waals surface area contributed by atoms with Gasteiger partial charge in [0.05, 0.1) is 12.7 Å². The van der Waals surface area contributed by atoms with Crippen LogP contribution in [0, 0.1) is 0 Å². The molecule has 0 aromatic heterocycles. The smallest absolute Gasteiger partial charge is 0.0730 e. The van der Waals surface area contributed by atoms with Crippen LogP contribution in [-0.4, -0.2) is 49.3 Å². The number of nitrogens with one attached hydrogen (secondary N) is 1. The molecule has 1 N–H and O–H groups in total. The maximum Gasteiger partial charge on any atom is 0.0730 e. The van der Waals surface area contributed by atoms with Crippen LogP contribution in [0.3, 0.4) is 0 Å². The van der Waals surface area contributed by atoms with E-state index in [1.165, 1.54) is 58.0 Å². The second kappa shape index (κ2) is 8.23. The highest BCUT2D eigenvalue weighted by Gasteiger charge is 2.35. The van der Waals surface area contributed by atoms with Crippen LogP contribution >= 0.6 is 0 Å². The minimum atomic E-state index is 0.550. The van der Waals surface area contributed by atoms with Crippen molar-refractivity contribution in [1.82, 2.24) is 10.2 Å². The van der Waals surface area contributed by atoms with Gasteiger partial charge in [-0.05, 0) is 58.0 Å². The lowest BCUT2D eigenvalue weighted by Crippen LogP contribution is -2.48. The summed E-state index contributed by atoms with van der Waals surface area (Å²) in [4.78, 5) is 2.70. The van der Waals surface area contributed by atoms with Gasteiger partial charge in [0.15, 0.2) is 0 Å². The van der Waals surface area contributed by atoms with Crippen molar-refractivity contribution in [2.24, 2.45) is 0 Å². The van der Waals surface area contributed by atoms with E-state index in [0.717, 1.165) is 25.2 Å². The first kappa shape index (κ1) is 15.3. The molecule has 0 amide bonds. The van der Waals surface area contributed by atoms with Gasteiger partial charge in [-0.1, -0.05) is 13.8 Å². The summed E-state index contributed by atoms with van der Waals surface area (Å²) in [6.07, 6.45) is 9.71. The maximum absolute atomic E-state index is 5.88. The second-order valence-electron chi connectivity index (χ2n) is 6.14. The molecule has 0 bridgehead atoms. The molecule has 112 valence electrons. The number of morpholine rings is 1. The molecular formula is C16H32N2O. The molecule has 1 saturated heterocycles. The Kier molecular flexibility index (Phi) is 6.62.